The van der Waals surface area contributed by atoms with E-state index in [1.807, 2.05) is 0 Å². The molecule has 0 unspecified atom stereocenters. The van der Waals surface area contributed by atoms with Gasteiger partial charge in [-0.3, -0.25) is 19.4 Å². The standard InChI is InChI=1S/C17H24N4O3/c1-2-3-4-6-19-16(23)15-12-14(5-7-18-15)17(24)21-10-8-20(13-22)9-11-21/h5,7,12-13H,2-4,6,8-11H2,1H3,(H,19,23). The molecule has 2 heterocycles. The SMILES string of the molecule is CCCCCNC(=O)c1cc(C(=O)N2CCN(C=O)CC2)ccn1. The molecule has 3 amide bonds. The summed E-state index contributed by atoms with van der Waals surface area (Å²) in [5.41, 5.74) is 0.701. The minimum Gasteiger partial charge on any atom is -0.351 e. The number of hydrogen-bond acceptors (Lipinski definition) is 4. The van der Waals surface area contributed by atoms with Gasteiger partial charge in [0.25, 0.3) is 11.8 Å². The number of nitrogens with one attached hydrogen (secondary N) is 1. The molecule has 7 nitrogen and oxygen atoms in total. The van der Waals surface area contributed by atoms with Crippen molar-refractivity contribution in [3.05, 3.63) is 29.6 Å². The molecule has 1 aliphatic heterocycles. The molecule has 0 aromatic carbocycles. The van der Waals surface area contributed by atoms with Gasteiger partial charge in [-0.25, -0.2) is 0 Å². The van der Waals surface area contributed by atoms with E-state index in [1.165, 1.54) is 12.3 Å². The van der Waals surface area contributed by atoms with E-state index in [2.05, 4.69) is 17.2 Å². The monoisotopic (exact) mass is 332 g/mol. The summed E-state index contributed by atoms with van der Waals surface area (Å²) >= 11 is 0. The first-order valence-electron chi connectivity index (χ1n) is 8.38. The summed E-state index contributed by atoms with van der Waals surface area (Å²) in [5.74, 6) is -0.394. The van der Waals surface area contributed by atoms with Crippen molar-refractivity contribution in [3.8, 4) is 0 Å². The quantitative estimate of drug-likeness (QED) is 0.594. The van der Waals surface area contributed by atoms with Crippen LogP contribution in [0.2, 0.25) is 0 Å². The van der Waals surface area contributed by atoms with Crippen molar-refractivity contribution in [2.75, 3.05) is 32.7 Å². The summed E-state index contributed by atoms with van der Waals surface area (Å²) in [5, 5.41) is 2.82. The Bertz CT molecular complexity index is 583. The number of hydrogen-bond donors (Lipinski definition) is 1. The highest BCUT2D eigenvalue weighted by molar-refractivity contribution is 5.98. The Balaban J connectivity index is 1.95. The van der Waals surface area contributed by atoms with Crippen LogP contribution in [0, 0.1) is 0 Å². The molecule has 1 N–H and O–H groups in total. The second kappa shape index (κ2) is 9.00. The van der Waals surface area contributed by atoms with Gasteiger partial charge in [-0.05, 0) is 18.6 Å². The first-order chi connectivity index (χ1) is 11.7. The van der Waals surface area contributed by atoms with Crippen molar-refractivity contribution in [2.45, 2.75) is 26.2 Å². The van der Waals surface area contributed by atoms with E-state index >= 15 is 0 Å². The zero-order chi connectivity index (χ0) is 17.4. The van der Waals surface area contributed by atoms with Gasteiger partial charge in [0.15, 0.2) is 0 Å². The number of aromatic nitrogens is 1. The lowest BCUT2D eigenvalue weighted by atomic mass is 10.1. The van der Waals surface area contributed by atoms with E-state index in [0.717, 1.165) is 25.7 Å². The molecule has 0 spiro atoms. The van der Waals surface area contributed by atoms with Crippen LogP contribution in [-0.4, -0.2) is 65.7 Å². The fraction of sp³-hybridized carbons (Fsp3) is 0.529. The maximum atomic E-state index is 12.5. The van der Waals surface area contributed by atoms with Crippen molar-refractivity contribution >= 4 is 18.2 Å². The molecular weight excluding hydrogens is 308 g/mol. The fourth-order valence-corrected chi connectivity index (χ4v) is 2.57. The lowest BCUT2D eigenvalue weighted by Crippen LogP contribution is -2.48. The molecule has 7 heteroatoms. The Morgan fingerprint density at radius 3 is 2.67 bits per heavy atom. The zero-order valence-electron chi connectivity index (χ0n) is 14.0. The highest BCUT2D eigenvalue weighted by atomic mass is 16.2. The largest absolute Gasteiger partial charge is 0.351 e. The highest BCUT2D eigenvalue weighted by Crippen LogP contribution is 2.09. The van der Waals surface area contributed by atoms with Crippen LogP contribution in [-0.2, 0) is 4.79 Å². The minimum atomic E-state index is -0.258. The van der Waals surface area contributed by atoms with E-state index < -0.39 is 0 Å². The normalized spacial score (nSPS) is 14.4. The number of nitrogens with zero attached hydrogens (tertiary/aromatic N) is 3. The van der Waals surface area contributed by atoms with Gasteiger partial charge in [0.2, 0.25) is 6.41 Å². The summed E-state index contributed by atoms with van der Waals surface area (Å²) in [4.78, 5) is 42.7. The summed E-state index contributed by atoms with van der Waals surface area (Å²) < 4.78 is 0. The van der Waals surface area contributed by atoms with Gasteiger partial charge in [-0.1, -0.05) is 19.8 Å². The first-order valence-corrected chi connectivity index (χ1v) is 8.38. The Morgan fingerprint density at radius 2 is 2.00 bits per heavy atom. The molecule has 0 bridgehead atoms. The predicted octanol–water partition coefficient (Wildman–Crippen LogP) is 0.916. The van der Waals surface area contributed by atoms with E-state index in [-0.39, 0.29) is 17.5 Å². The Hall–Kier alpha value is -2.44. The van der Waals surface area contributed by atoms with Crippen LogP contribution in [0.15, 0.2) is 18.3 Å². The van der Waals surface area contributed by atoms with Gasteiger partial charge in [-0.2, -0.15) is 0 Å². The molecule has 2 rings (SSSR count). The molecule has 1 fully saturated rings. The zero-order valence-corrected chi connectivity index (χ0v) is 14.0. The molecule has 1 aromatic heterocycles. The summed E-state index contributed by atoms with van der Waals surface area (Å²) in [6, 6.07) is 3.14. The van der Waals surface area contributed by atoms with Gasteiger partial charge in [0.1, 0.15) is 5.69 Å². The number of pyridine rings is 1. The molecule has 1 saturated heterocycles. The first kappa shape index (κ1) is 17.9. The minimum absolute atomic E-state index is 0.136. The van der Waals surface area contributed by atoms with Crippen LogP contribution in [0.1, 0.15) is 47.0 Å². The van der Waals surface area contributed by atoms with E-state index in [1.54, 1.807) is 15.9 Å². The Kier molecular flexibility index (Phi) is 6.72. The van der Waals surface area contributed by atoms with Crippen molar-refractivity contribution in [3.63, 3.8) is 0 Å². The van der Waals surface area contributed by atoms with E-state index in [4.69, 9.17) is 0 Å². The number of unbranched alkanes of at least 4 members (excludes halogenated alkanes) is 2. The summed E-state index contributed by atoms with van der Waals surface area (Å²) in [7, 11) is 0. The van der Waals surface area contributed by atoms with Crippen molar-refractivity contribution in [1.82, 2.24) is 20.1 Å². The Labute approximate surface area is 142 Å². The smallest absolute Gasteiger partial charge is 0.269 e. The van der Waals surface area contributed by atoms with Crippen LogP contribution >= 0.6 is 0 Å². The number of carbonyl (C=O) groups excluding carboxylic acids is 3. The second-order valence-electron chi connectivity index (χ2n) is 5.83. The highest BCUT2D eigenvalue weighted by Gasteiger charge is 2.22. The van der Waals surface area contributed by atoms with Crippen molar-refractivity contribution < 1.29 is 14.4 Å². The fourth-order valence-electron chi connectivity index (χ4n) is 2.57. The maximum absolute atomic E-state index is 12.5. The molecule has 0 radical (unpaired) electrons. The average molecular weight is 332 g/mol. The van der Waals surface area contributed by atoms with Crippen molar-refractivity contribution in [1.29, 1.82) is 0 Å². The van der Waals surface area contributed by atoms with E-state index in [0.29, 0.717) is 38.3 Å². The van der Waals surface area contributed by atoms with E-state index in [9.17, 15) is 14.4 Å². The third-order valence-electron chi connectivity index (χ3n) is 4.06. The van der Waals surface area contributed by atoms with Gasteiger partial charge in [0, 0.05) is 44.5 Å². The molecule has 0 saturated carbocycles. The molecule has 130 valence electrons. The number of rotatable bonds is 7. The lowest BCUT2D eigenvalue weighted by Gasteiger charge is -2.32. The molecule has 24 heavy (non-hydrogen) atoms. The summed E-state index contributed by atoms with van der Waals surface area (Å²) in [6.45, 7) is 4.78. The topological polar surface area (TPSA) is 82.6 Å². The molecule has 0 aliphatic carbocycles. The average Bonchev–Trinajstić information content (AvgIpc) is 2.64. The number of carbonyl (C=O) groups is 3. The molecular formula is C17H24N4O3. The molecule has 0 atom stereocenters. The third kappa shape index (κ3) is 4.78. The predicted molar refractivity (Wildman–Crippen MR) is 89.6 cm³/mol. The van der Waals surface area contributed by atoms with Crippen LogP contribution in [0.5, 0.6) is 0 Å². The van der Waals surface area contributed by atoms with Gasteiger partial charge >= 0.3 is 0 Å². The number of amides is 3. The lowest BCUT2D eigenvalue weighted by molar-refractivity contribution is -0.119. The van der Waals surface area contributed by atoms with Gasteiger partial charge in [0.05, 0.1) is 0 Å². The maximum Gasteiger partial charge on any atom is 0.269 e. The van der Waals surface area contributed by atoms with Crippen molar-refractivity contribution in [2.24, 2.45) is 0 Å². The van der Waals surface area contributed by atoms with Gasteiger partial charge < -0.3 is 15.1 Å². The molecule has 1 aliphatic rings. The van der Waals surface area contributed by atoms with Crippen LogP contribution < -0.4 is 5.32 Å². The number of piperazine rings is 1. The van der Waals surface area contributed by atoms with Gasteiger partial charge in [-0.15, -0.1) is 0 Å². The third-order valence-corrected chi connectivity index (χ3v) is 4.06. The molecule has 1 aromatic rings. The van der Waals surface area contributed by atoms with Crippen LogP contribution in [0.4, 0.5) is 0 Å². The van der Waals surface area contributed by atoms with Crippen LogP contribution in [0.3, 0.4) is 0 Å². The Morgan fingerprint density at radius 1 is 1.25 bits per heavy atom. The second-order valence-corrected chi connectivity index (χ2v) is 5.83. The summed E-state index contributed by atoms with van der Waals surface area (Å²) in [6.07, 6.45) is 5.38. The van der Waals surface area contributed by atoms with Crippen LogP contribution in [0.25, 0.3) is 0 Å².